The summed E-state index contributed by atoms with van der Waals surface area (Å²) in [6.07, 6.45) is 0.847. The van der Waals surface area contributed by atoms with Crippen molar-refractivity contribution in [1.82, 2.24) is 15.1 Å². The number of amides is 1. The molecule has 3 rings (SSSR count). The summed E-state index contributed by atoms with van der Waals surface area (Å²) in [5.74, 6) is 0.408. The summed E-state index contributed by atoms with van der Waals surface area (Å²) in [6, 6.07) is 7.78. The van der Waals surface area contributed by atoms with Gasteiger partial charge in [-0.15, -0.1) is 0 Å². The maximum Gasteiger partial charge on any atom is 0.239 e. The van der Waals surface area contributed by atoms with Gasteiger partial charge in [-0.3, -0.25) is 9.48 Å². The maximum absolute atomic E-state index is 11.2. The molecule has 0 spiro atoms. The van der Waals surface area contributed by atoms with Crippen molar-refractivity contribution in [2.75, 3.05) is 13.7 Å². The van der Waals surface area contributed by atoms with Gasteiger partial charge >= 0.3 is 0 Å². The summed E-state index contributed by atoms with van der Waals surface area (Å²) < 4.78 is 7.00. The van der Waals surface area contributed by atoms with E-state index in [1.54, 1.807) is 11.8 Å². The van der Waals surface area contributed by atoms with Crippen molar-refractivity contribution in [1.29, 1.82) is 0 Å². The minimum absolute atomic E-state index is 0.117. The molecule has 1 aromatic heterocycles. The summed E-state index contributed by atoms with van der Waals surface area (Å²) in [6.45, 7) is 1.75. The van der Waals surface area contributed by atoms with E-state index >= 15 is 0 Å². The van der Waals surface area contributed by atoms with Crippen molar-refractivity contribution in [3.63, 3.8) is 0 Å². The number of primary amides is 1. The molecule has 0 atom stereocenters. The number of aromatic nitrogens is 2. The van der Waals surface area contributed by atoms with Crippen LogP contribution in [0.3, 0.4) is 0 Å². The standard InChI is InChI=1S/C15H18N4O2/c1-21-11-4-2-3-10(7-11)15-12-8-17-6-5-13(12)19(18-15)9-14(16)20/h2-4,7,17H,5-6,8-9H2,1H3,(H2,16,20). The molecule has 0 aliphatic carbocycles. The predicted octanol–water partition coefficient (Wildman–Crippen LogP) is 0.690. The van der Waals surface area contributed by atoms with E-state index in [0.717, 1.165) is 47.8 Å². The molecule has 1 aliphatic heterocycles. The third kappa shape index (κ3) is 2.62. The second-order valence-corrected chi connectivity index (χ2v) is 5.06. The van der Waals surface area contributed by atoms with Crippen LogP contribution < -0.4 is 15.8 Å². The number of carbonyl (C=O) groups excluding carboxylic acids is 1. The van der Waals surface area contributed by atoms with Gasteiger partial charge < -0.3 is 15.8 Å². The molecule has 1 aliphatic rings. The van der Waals surface area contributed by atoms with Gasteiger partial charge in [0.2, 0.25) is 5.91 Å². The highest BCUT2D eigenvalue weighted by Gasteiger charge is 2.22. The van der Waals surface area contributed by atoms with Crippen LogP contribution >= 0.6 is 0 Å². The number of carbonyl (C=O) groups is 1. The Balaban J connectivity index is 2.09. The van der Waals surface area contributed by atoms with Gasteiger partial charge in [-0.2, -0.15) is 5.10 Å². The molecule has 110 valence electrons. The summed E-state index contributed by atoms with van der Waals surface area (Å²) in [4.78, 5) is 11.2. The fraction of sp³-hybridized carbons (Fsp3) is 0.333. The van der Waals surface area contributed by atoms with E-state index in [9.17, 15) is 4.79 Å². The van der Waals surface area contributed by atoms with E-state index in [1.165, 1.54) is 0 Å². The van der Waals surface area contributed by atoms with Crippen molar-refractivity contribution in [2.45, 2.75) is 19.5 Å². The number of rotatable bonds is 4. The first-order valence-corrected chi connectivity index (χ1v) is 6.91. The summed E-state index contributed by atoms with van der Waals surface area (Å²) in [5, 5.41) is 7.94. The molecule has 6 nitrogen and oxygen atoms in total. The first kappa shape index (κ1) is 13.6. The molecule has 1 aromatic carbocycles. The minimum atomic E-state index is -0.379. The molecule has 1 amide bonds. The van der Waals surface area contributed by atoms with E-state index in [4.69, 9.17) is 10.5 Å². The van der Waals surface area contributed by atoms with Gasteiger partial charge in [0.05, 0.1) is 12.8 Å². The number of benzene rings is 1. The first-order chi connectivity index (χ1) is 10.2. The average Bonchev–Trinajstić information content (AvgIpc) is 2.86. The van der Waals surface area contributed by atoms with Gasteiger partial charge in [-0.1, -0.05) is 12.1 Å². The predicted molar refractivity (Wildman–Crippen MR) is 78.8 cm³/mol. The molecule has 3 N–H and O–H groups in total. The van der Waals surface area contributed by atoms with E-state index < -0.39 is 0 Å². The van der Waals surface area contributed by atoms with Gasteiger partial charge in [0.1, 0.15) is 12.3 Å². The zero-order valence-electron chi connectivity index (χ0n) is 11.9. The van der Waals surface area contributed by atoms with Crippen LogP contribution in [0.2, 0.25) is 0 Å². The van der Waals surface area contributed by atoms with Gasteiger partial charge in [0.15, 0.2) is 0 Å². The smallest absolute Gasteiger partial charge is 0.239 e. The van der Waals surface area contributed by atoms with Gasteiger partial charge in [-0.05, 0) is 12.1 Å². The van der Waals surface area contributed by atoms with Crippen molar-refractivity contribution >= 4 is 5.91 Å². The quantitative estimate of drug-likeness (QED) is 0.866. The summed E-state index contributed by atoms with van der Waals surface area (Å²) in [7, 11) is 1.64. The largest absolute Gasteiger partial charge is 0.497 e. The molecule has 2 heterocycles. The topological polar surface area (TPSA) is 82.2 Å². The summed E-state index contributed by atoms with van der Waals surface area (Å²) in [5.41, 5.74) is 9.41. The number of ether oxygens (including phenoxy) is 1. The average molecular weight is 286 g/mol. The highest BCUT2D eigenvalue weighted by Crippen LogP contribution is 2.29. The zero-order chi connectivity index (χ0) is 14.8. The molecule has 0 bridgehead atoms. The van der Waals surface area contributed by atoms with E-state index in [0.29, 0.717) is 0 Å². The molecule has 0 saturated heterocycles. The highest BCUT2D eigenvalue weighted by atomic mass is 16.5. The normalized spacial score (nSPS) is 13.8. The Hall–Kier alpha value is -2.34. The van der Waals surface area contributed by atoms with Crippen LogP contribution in [0.4, 0.5) is 0 Å². The Bertz CT molecular complexity index is 678. The molecular formula is C15H18N4O2. The van der Waals surface area contributed by atoms with E-state index in [1.807, 2.05) is 24.3 Å². The molecule has 0 saturated carbocycles. The second kappa shape index (κ2) is 5.57. The zero-order valence-corrected chi connectivity index (χ0v) is 11.9. The Morgan fingerprint density at radius 2 is 2.38 bits per heavy atom. The lowest BCUT2D eigenvalue weighted by Gasteiger charge is -2.15. The molecule has 0 unspecified atom stereocenters. The van der Waals surface area contributed by atoms with Crippen LogP contribution in [0.25, 0.3) is 11.3 Å². The van der Waals surface area contributed by atoms with Gasteiger partial charge in [0, 0.05) is 36.3 Å². The first-order valence-electron chi connectivity index (χ1n) is 6.91. The number of nitrogens with zero attached hydrogens (tertiary/aromatic N) is 2. The van der Waals surface area contributed by atoms with Crippen LogP contribution in [0.1, 0.15) is 11.3 Å². The lowest BCUT2D eigenvalue weighted by atomic mass is 10.0. The molecule has 0 radical (unpaired) electrons. The third-order valence-electron chi connectivity index (χ3n) is 3.66. The number of hydrogen-bond acceptors (Lipinski definition) is 4. The minimum Gasteiger partial charge on any atom is -0.497 e. The Labute approximate surface area is 122 Å². The molecule has 6 heteroatoms. The molecular weight excluding hydrogens is 268 g/mol. The number of nitrogens with one attached hydrogen (secondary N) is 1. The molecule has 21 heavy (non-hydrogen) atoms. The lowest BCUT2D eigenvalue weighted by Crippen LogP contribution is -2.27. The van der Waals surface area contributed by atoms with Crippen molar-refractivity contribution in [3.8, 4) is 17.0 Å². The van der Waals surface area contributed by atoms with Crippen LogP contribution in [-0.2, 0) is 24.3 Å². The van der Waals surface area contributed by atoms with Crippen molar-refractivity contribution in [3.05, 3.63) is 35.5 Å². The van der Waals surface area contributed by atoms with Crippen LogP contribution in [0, 0.1) is 0 Å². The third-order valence-corrected chi connectivity index (χ3v) is 3.66. The number of nitrogens with two attached hydrogens (primary N) is 1. The van der Waals surface area contributed by atoms with Crippen molar-refractivity contribution < 1.29 is 9.53 Å². The van der Waals surface area contributed by atoms with E-state index in [2.05, 4.69) is 10.4 Å². The Morgan fingerprint density at radius 1 is 1.52 bits per heavy atom. The van der Waals surface area contributed by atoms with E-state index in [-0.39, 0.29) is 12.5 Å². The SMILES string of the molecule is COc1cccc(-c2nn(CC(N)=O)c3c2CNCC3)c1. The van der Waals surface area contributed by atoms with Gasteiger partial charge in [-0.25, -0.2) is 0 Å². The fourth-order valence-electron chi connectivity index (χ4n) is 2.70. The fourth-order valence-corrected chi connectivity index (χ4v) is 2.70. The Morgan fingerprint density at radius 3 is 3.14 bits per heavy atom. The van der Waals surface area contributed by atoms with Crippen LogP contribution in [0.5, 0.6) is 5.75 Å². The second-order valence-electron chi connectivity index (χ2n) is 5.06. The maximum atomic E-state index is 11.2. The van der Waals surface area contributed by atoms with Crippen LogP contribution in [-0.4, -0.2) is 29.3 Å². The lowest BCUT2D eigenvalue weighted by molar-refractivity contribution is -0.118. The molecule has 0 fully saturated rings. The number of hydrogen-bond donors (Lipinski definition) is 2. The van der Waals surface area contributed by atoms with Gasteiger partial charge in [0.25, 0.3) is 0 Å². The number of methoxy groups -OCH3 is 1. The van der Waals surface area contributed by atoms with Crippen molar-refractivity contribution in [2.24, 2.45) is 5.73 Å². The highest BCUT2D eigenvalue weighted by molar-refractivity contribution is 5.74. The number of fused-ring (bicyclic) bond motifs is 1. The monoisotopic (exact) mass is 286 g/mol. The summed E-state index contributed by atoms with van der Waals surface area (Å²) >= 11 is 0. The molecule has 2 aromatic rings. The Kier molecular flexibility index (Phi) is 3.62. The van der Waals surface area contributed by atoms with Crippen LogP contribution in [0.15, 0.2) is 24.3 Å².